The summed E-state index contributed by atoms with van der Waals surface area (Å²) < 4.78 is 0. The molecule has 0 spiro atoms. The maximum Gasteiger partial charge on any atom is 0.161 e. The van der Waals surface area contributed by atoms with Crippen molar-refractivity contribution in [2.24, 2.45) is 0 Å². The van der Waals surface area contributed by atoms with Crippen LogP contribution in [-0.2, 0) is 0 Å². The van der Waals surface area contributed by atoms with Crippen LogP contribution in [0.25, 0.3) is 121 Å². The fourth-order valence-corrected chi connectivity index (χ4v) is 9.00. The Morgan fingerprint density at radius 1 is 0.224 bits per heavy atom. The molecule has 10 aromatic carbocycles. The Morgan fingerprint density at radius 3 is 0.948 bits per heavy atom. The van der Waals surface area contributed by atoms with Crippen LogP contribution in [0.4, 0.5) is 0 Å². The van der Waals surface area contributed by atoms with Crippen LogP contribution in [0, 0.1) is 0 Å². The minimum Gasteiger partial charge on any atom is -0.228 e. The molecule has 2 heterocycles. The van der Waals surface area contributed by atoms with E-state index in [-0.39, 0.29) is 0 Å². The fraction of sp³-hybridized carbons (Fsp3) is 0. The molecule has 0 aliphatic carbocycles. The number of fused-ring (bicyclic) bond motifs is 9. The van der Waals surface area contributed by atoms with Gasteiger partial charge in [0.1, 0.15) is 0 Å². The van der Waals surface area contributed by atoms with Crippen molar-refractivity contribution in [2.75, 3.05) is 0 Å². The Labute approximate surface area is 333 Å². The Hall–Kier alpha value is -7.82. The zero-order valence-electron chi connectivity index (χ0n) is 31.3. The van der Waals surface area contributed by atoms with E-state index in [9.17, 15) is 0 Å². The molecule has 268 valence electrons. The lowest BCUT2D eigenvalue weighted by Gasteiger charge is -2.16. The normalized spacial score (nSPS) is 11.8. The number of aromatic nitrogens is 4. The maximum atomic E-state index is 5.47. The van der Waals surface area contributed by atoms with E-state index in [2.05, 4.69) is 194 Å². The van der Waals surface area contributed by atoms with Gasteiger partial charge in [0, 0.05) is 33.0 Å². The van der Waals surface area contributed by atoms with E-state index >= 15 is 0 Å². The highest BCUT2D eigenvalue weighted by molar-refractivity contribution is 6.16. The largest absolute Gasteiger partial charge is 0.228 e. The van der Waals surface area contributed by atoms with Gasteiger partial charge >= 0.3 is 0 Å². The molecule has 0 N–H and O–H groups in total. The molecule has 4 heteroatoms. The highest BCUT2D eigenvalue weighted by atomic mass is 14.9. The highest BCUT2D eigenvalue weighted by Gasteiger charge is 2.20. The van der Waals surface area contributed by atoms with Gasteiger partial charge in [-0.05, 0) is 78.1 Å². The summed E-state index contributed by atoms with van der Waals surface area (Å²) >= 11 is 0. The quantitative estimate of drug-likeness (QED) is 0.169. The summed E-state index contributed by atoms with van der Waals surface area (Å²) in [7, 11) is 0. The number of nitrogens with zero attached hydrogens (tertiary/aromatic N) is 4. The predicted octanol–water partition coefficient (Wildman–Crippen LogP) is 14.0. The molecule has 0 aliphatic rings. The lowest BCUT2D eigenvalue weighted by Crippen LogP contribution is -1.98. The number of para-hydroxylation sites is 2. The first-order chi connectivity index (χ1) is 28.8. The molecule has 0 saturated carbocycles. The number of hydrogen-bond acceptors (Lipinski definition) is 4. The zero-order valence-corrected chi connectivity index (χ0v) is 31.3. The van der Waals surface area contributed by atoms with Gasteiger partial charge in [0.05, 0.1) is 22.4 Å². The van der Waals surface area contributed by atoms with Crippen LogP contribution in [0.1, 0.15) is 0 Å². The first-order valence-corrected chi connectivity index (χ1v) is 19.6. The van der Waals surface area contributed by atoms with E-state index in [1.54, 1.807) is 0 Å². The van der Waals surface area contributed by atoms with E-state index in [1.807, 2.05) is 0 Å². The lowest BCUT2D eigenvalue weighted by molar-refractivity contribution is 1.23. The number of benzene rings is 10. The Morgan fingerprint density at radius 2 is 0.534 bits per heavy atom. The molecule has 0 radical (unpaired) electrons. The zero-order chi connectivity index (χ0) is 38.2. The van der Waals surface area contributed by atoms with Crippen molar-refractivity contribution in [1.82, 2.24) is 19.9 Å². The van der Waals surface area contributed by atoms with Crippen LogP contribution in [0.5, 0.6) is 0 Å². The molecule has 2 aromatic heterocycles. The fourth-order valence-electron chi connectivity index (χ4n) is 9.00. The first kappa shape index (κ1) is 32.4. The standard InChI is InChI=1S/C54H32N4/c1-3-17-35-33(15-1)31-47(41-23-9-5-19-37(35)41)53-55-49-27-13-11-25-45(49)51(57-53)43-29-30-44(40-22-8-7-21-39(40)43)52-46-26-12-14-28-50(46)56-54(58-52)48-32-34-16-2-4-18-36(34)38-20-6-10-24-42(38)48/h1-32H. The summed E-state index contributed by atoms with van der Waals surface area (Å²) in [6.45, 7) is 0. The summed E-state index contributed by atoms with van der Waals surface area (Å²) in [5.74, 6) is 1.41. The highest BCUT2D eigenvalue weighted by Crippen LogP contribution is 2.42. The predicted molar refractivity (Wildman–Crippen MR) is 242 cm³/mol. The van der Waals surface area contributed by atoms with Gasteiger partial charge in [0.25, 0.3) is 0 Å². The summed E-state index contributed by atoms with van der Waals surface area (Å²) in [6, 6.07) is 68.5. The maximum absolute atomic E-state index is 5.47. The third kappa shape index (κ3) is 5.02. The van der Waals surface area contributed by atoms with Gasteiger partial charge in [0.15, 0.2) is 11.6 Å². The summed E-state index contributed by atoms with van der Waals surface area (Å²) in [4.78, 5) is 21.4. The summed E-state index contributed by atoms with van der Waals surface area (Å²) in [5.41, 5.74) is 7.73. The molecular weight excluding hydrogens is 705 g/mol. The average Bonchev–Trinajstić information content (AvgIpc) is 3.30. The van der Waals surface area contributed by atoms with Gasteiger partial charge in [-0.15, -0.1) is 0 Å². The molecule has 0 fully saturated rings. The monoisotopic (exact) mass is 736 g/mol. The molecule has 0 bridgehead atoms. The van der Waals surface area contributed by atoms with E-state index in [1.165, 1.54) is 21.5 Å². The second kappa shape index (κ2) is 12.9. The topological polar surface area (TPSA) is 51.6 Å². The first-order valence-electron chi connectivity index (χ1n) is 19.6. The second-order valence-electron chi connectivity index (χ2n) is 14.9. The van der Waals surface area contributed by atoms with Crippen LogP contribution >= 0.6 is 0 Å². The van der Waals surface area contributed by atoms with Crippen molar-refractivity contribution in [3.8, 4) is 45.3 Å². The molecule has 0 unspecified atom stereocenters. The SMILES string of the molecule is c1ccc2c(c1)cc(-c1nc(-c3ccc(-c4nc(-c5cc6ccccc6c6ccccc56)nc5ccccc45)c4ccccc34)c3ccccc3n1)c1ccccc12. The molecule has 4 nitrogen and oxygen atoms in total. The minimum absolute atomic E-state index is 0.706. The second-order valence-corrected chi connectivity index (χ2v) is 14.9. The Balaban J connectivity index is 1.10. The van der Waals surface area contributed by atoms with Crippen molar-refractivity contribution in [3.63, 3.8) is 0 Å². The van der Waals surface area contributed by atoms with Gasteiger partial charge in [-0.3, -0.25) is 0 Å². The van der Waals surface area contributed by atoms with Crippen molar-refractivity contribution >= 4 is 75.7 Å². The van der Waals surface area contributed by atoms with Crippen molar-refractivity contribution in [1.29, 1.82) is 0 Å². The van der Waals surface area contributed by atoms with Crippen LogP contribution in [0.3, 0.4) is 0 Å². The molecule has 0 aliphatic heterocycles. The number of hydrogen-bond donors (Lipinski definition) is 0. The summed E-state index contributed by atoms with van der Waals surface area (Å²) in [5, 5.41) is 13.6. The lowest BCUT2D eigenvalue weighted by atomic mass is 9.92. The van der Waals surface area contributed by atoms with E-state index < -0.39 is 0 Å². The molecule has 0 atom stereocenters. The Kier molecular flexibility index (Phi) is 7.20. The van der Waals surface area contributed by atoms with Gasteiger partial charge in [-0.2, -0.15) is 0 Å². The van der Waals surface area contributed by atoms with Crippen LogP contribution in [-0.4, -0.2) is 19.9 Å². The molecule has 12 rings (SSSR count). The number of rotatable bonds is 4. The van der Waals surface area contributed by atoms with Crippen molar-refractivity contribution < 1.29 is 0 Å². The van der Waals surface area contributed by atoms with Crippen LogP contribution < -0.4 is 0 Å². The van der Waals surface area contributed by atoms with Crippen molar-refractivity contribution in [3.05, 3.63) is 194 Å². The smallest absolute Gasteiger partial charge is 0.161 e. The third-order valence-electron chi connectivity index (χ3n) is 11.7. The minimum atomic E-state index is 0.706. The van der Waals surface area contributed by atoms with Crippen molar-refractivity contribution in [2.45, 2.75) is 0 Å². The molecular formula is C54H32N4. The van der Waals surface area contributed by atoms with E-state index in [0.29, 0.717) is 11.6 Å². The average molecular weight is 737 g/mol. The van der Waals surface area contributed by atoms with Crippen LogP contribution in [0.15, 0.2) is 194 Å². The Bertz CT molecular complexity index is 3400. The van der Waals surface area contributed by atoms with E-state index in [0.717, 1.165) is 87.8 Å². The molecule has 0 amide bonds. The summed E-state index contributed by atoms with van der Waals surface area (Å²) in [6.07, 6.45) is 0. The van der Waals surface area contributed by atoms with Gasteiger partial charge < -0.3 is 0 Å². The molecule has 58 heavy (non-hydrogen) atoms. The van der Waals surface area contributed by atoms with Crippen LogP contribution in [0.2, 0.25) is 0 Å². The molecule has 12 aromatic rings. The molecule has 0 saturated heterocycles. The van der Waals surface area contributed by atoms with Gasteiger partial charge in [-0.1, -0.05) is 170 Å². The van der Waals surface area contributed by atoms with Gasteiger partial charge in [-0.25, -0.2) is 19.9 Å². The van der Waals surface area contributed by atoms with Gasteiger partial charge in [0.2, 0.25) is 0 Å². The van der Waals surface area contributed by atoms with E-state index in [4.69, 9.17) is 19.9 Å². The third-order valence-corrected chi connectivity index (χ3v) is 11.7.